The molecule has 0 amide bonds. The number of rotatable bonds is 5. The van der Waals surface area contributed by atoms with Crippen molar-refractivity contribution < 1.29 is 14.3 Å². The molecule has 0 spiro atoms. The number of fused-ring (bicyclic) bond motifs is 1. The quantitative estimate of drug-likeness (QED) is 0.581. The van der Waals surface area contributed by atoms with Gasteiger partial charge in [0.25, 0.3) is 0 Å². The van der Waals surface area contributed by atoms with E-state index in [4.69, 9.17) is 5.11 Å². The van der Waals surface area contributed by atoms with Gasteiger partial charge in [0.2, 0.25) is 0 Å². The van der Waals surface area contributed by atoms with E-state index >= 15 is 0 Å². The van der Waals surface area contributed by atoms with Gasteiger partial charge in [0.1, 0.15) is 5.82 Å². The van der Waals surface area contributed by atoms with E-state index in [0.717, 1.165) is 0 Å². The van der Waals surface area contributed by atoms with Gasteiger partial charge in [-0.05, 0) is 41.5 Å². The topological polar surface area (TPSA) is 55.1 Å². The van der Waals surface area contributed by atoms with Gasteiger partial charge in [0.05, 0.1) is 20.4 Å². The first kappa shape index (κ1) is 16.5. The maximum Gasteiger partial charge on any atom is 0.313 e. The molecule has 0 saturated carbocycles. The van der Waals surface area contributed by atoms with Gasteiger partial charge in [-0.1, -0.05) is 25.6 Å². The zero-order valence-corrected chi connectivity index (χ0v) is 14.9. The van der Waals surface area contributed by atoms with Crippen molar-refractivity contribution in [1.29, 1.82) is 0 Å². The summed E-state index contributed by atoms with van der Waals surface area (Å²) in [4.78, 5) is 15.3. The standard InChI is InChI=1S/C14H16FIN2O2S/c1-7(2)8(3)18-12-4-9(15)10(16)5-11(12)17-14(18)21-6-13(19)20/h4-5,7-8H,6H2,1-3H3,(H,19,20). The Balaban J connectivity index is 2.59. The summed E-state index contributed by atoms with van der Waals surface area (Å²) < 4.78 is 16.3. The van der Waals surface area contributed by atoms with Gasteiger partial charge in [-0.15, -0.1) is 0 Å². The van der Waals surface area contributed by atoms with Crippen LogP contribution in [0.15, 0.2) is 17.3 Å². The molecule has 1 unspecified atom stereocenters. The summed E-state index contributed by atoms with van der Waals surface area (Å²) in [5, 5.41) is 9.48. The number of carboxylic acids is 1. The van der Waals surface area contributed by atoms with Crippen molar-refractivity contribution in [2.45, 2.75) is 32.0 Å². The van der Waals surface area contributed by atoms with Crippen LogP contribution in [0.3, 0.4) is 0 Å². The van der Waals surface area contributed by atoms with Gasteiger partial charge in [0.15, 0.2) is 5.16 Å². The Bertz CT molecular complexity index is 687. The predicted molar refractivity (Wildman–Crippen MR) is 90.3 cm³/mol. The molecule has 1 aromatic carbocycles. The molecule has 0 radical (unpaired) electrons. The summed E-state index contributed by atoms with van der Waals surface area (Å²) in [7, 11) is 0. The van der Waals surface area contributed by atoms with Gasteiger partial charge in [-0.25, -0.2) is 9.37 Å². The van der Waals surface area contributed by atoms with Crippen LogP contribution in [0.2, 0.25) is 0 Å². The van der Waals surface area contributed by atoms with Gasteiger partial charge in [-0.3, -0.25) is 4.79 Å². The SMILES string of the molecule is CC(C)C(C)n1c(SCC(=O)O)nc2cc(I)c(F)cc21. The molecule has 2 rings (SSSR count). The van der Waals surface area contributed by atoms with E-state index in [1.807, 2.05) is 34.1 Å². The van der Waals surface area contributed by atoms with Crippen molar-refractivity contribution in [2.24, 2.45) is 5.92 Å². The lowest BCUT2D eigenvalue weighted by Gasteiger charge is -2.20. The molecule has 4 nitrogen and oxygen atoms in total. The largest absolute Gasteiger partial charge is 0.481 e. The molecule has 1 atom stereocenters. The third kappa shape index (κ3) is 3.50. The molecule has 0 saturated heterocycles. The van der Waals surface area contributed by atoms with E-state index < -0.39 is 5.97 Å². The van der Waals surface area contributed by atoms with Gasteiger partial charge >= 0.3 is 5.97 Å². The number of aromatic nitrogens is 2. The van der Waals surface area contributed by atoms with Crippen LogP contribution >= 0.6 is 34.4 Å². The Morgan fingerprint density at radius 2 is 2.14 bits per heavy atom. The molecular weight excluding hydrogens is 406 g/mol. The second kappa shape index (κ2) is 6.51. The van der Waals surface area contributed by atoms with E-state index in [1.54, 1.807) is 6.07 Å². The molecule has 0 aliphatic heterocycles. The lowest BCUT2D eigenvalue weighted by atomic mass is 10.1. The number of nitrogens with zero attached hydrogens (tertiary/aromatic N) is 2. The molecule has 114 valence electrons. The Kier molecular flexibility index (Phi) is 5.13. The van der Waals surface area contributed by atoms with Crippen molar-refractivity contribution in [3.8, 4) is 0 Å². The summed E-state index contributed by atoms with van der Waals surface area (Å²) in [6.45, 7) is 6.18. The van der Waals surface area contributed by atoms with E-state index in [1.165, 1.54) is 17.8 Å². The Hall–Kier alpha value is -0.830. The molecule has 7 heteroatoms. The minimum Gasteiger partial charge on any atom is -0.481 e. The van der Waals surface area contributed by atoms with Gasteiger partial charge < -0.3 is 9.67 Å². The molecule has 1 aromatic heterocycles. The van der Waals surface area contributed by atoms with Crippen LogP contribution in [0, 0.1) is 15.3 Å². The van der Waals surface area contributed by atoms with Gasteiger partial charge in [-0.2, -0.15) is 0 Å². The van der Waals surface area contributed by atoms with E-state index in [9.17, 15) is 9.18 Å². The fourth-order valence-electron chi connectivity index (χ4n) is 1.99. The third-order valence-electron chi connectivity index (χ3n) is 3.40. The van der Waals surface area contributed by atoms with Crippen molar-refractivity contribution in [2.75, 3.05) is 5.75 Å². The second-order valence-electron chi connectivity index (χ2n) is 5.19. The van der Waals surface area contributed by atoms with Crippen molar-refractivity contribution in [3.05, 3.63) is 21.5 Å². The molecular formula is C14H16FIN2O2S. The maximum atomic E-state index is 13.9. The normalized spacial score (nSPS) is 13.0. The highest BCUT2D eigenvalue weighted by atomic mass is 127. The first-order valence-electron chi connectivity index (χ1n) is 6.52. The molecule has 1 N–H and O–H groups in total. The highest BCUT2D eigenvalue weighted by Crippen LogP contribution is 2.32. The lowest BCUT2D eigenvalue weighted by Crippen LogP contribution is -2.13. The van der Waals surface area contributed by atoms with Crippen LogP contribution in [0.4, 0.5) is 4.39 Å². The van der Waals surface area contributed by atoms with Crippen LogP contribution < -0.4 is 0 Å². The summed E-state index contributed by atoms with van der Waals surface area (Å²) in [5.41, 5.74) is 1.41. The average molecular weight is 422 g/mol. The van der Waals surface area contributed by atoms with Crippen LogP contribution in [-0.4, -0.2) is 26.4 Å². The summed E-state index contributed by atoms with van der Waals surface area (Å²) in [6.07, 6.45) is 0. The predicted octanol–water partition coefficient (Wildman–Crippen LogP) is 4.17. The first-order chi connectivity index (χ1) is 9.81. The Morgan fingerprint density at radius 1 is 1.48 bits per heavy atom. The molecule has 1 heterocycles. The summed E-state index contributed by atoms with van der Waals surface area (Å²) in [6, 6.07) is 3.28. The maximum absolute atomic E-state index is 13.9. The molecule has 0 aliphatic rings. The van der Waals surface area contributed by atoms with Crippen molar-refractivity contribution in [3.63, 3.8) is 0 Å². The second-order valence-corrected chi connectivity index (χ2v) is 7.29. The number of carbonyl (C=O) groups is 1. The zero-order valence-electron chi connectivity index (χ0n) is 11.9. The minimum atomic E-state index is -0.892. The summed E-state index contributed by atoms with van der Waals surface area (Å²) >= 11 is 3.10. The highest BCUT2D eigenvalue weighted by molar-refractivity contribution is 14.1. The van der Waals surface area contributed by atoms with Crippen LogP contribution in [-0.2, 0) is 4.79 Å². The monoisotopic (exact) mass is 422 g/mol. The molecule has 21 heavy (non-hydrogen) atoms. The van der Waals surface area contributed by atoms with Crippen molar-refractivity contribution >= 4 is 51.4 Å². The number of halogens is 2. The van der Waals surface area contributed by atoms with E-state index in [-0.39, 0.29) is 17.6 Å². The van der Waals surface area contributed by atoms with Gasteiger partial charge in [0, 0.05) is 12.1 Å². The average Bonchev–Trinajstić information content (AvgIpc) is 2.73. The molecule has 0 aliphatic carbocycles. The number of hydrogen-bond acceptors (Lipinski definition) is 3. The van der Waals surface area contributed by atoms with E-state index in [0.29, 0.717) is 25.7 Å². The third-order valence-corrected chi connectivity index (χ3v) is 5.16. The van der Waals surface area contributed by atoms with Crippen molar-refractivity contribution in [1.82, 2.24) is 9.55 Å². The van der Waals surface area contributed by atoms with Crippen LogP contribution in [0.1, 0.15) is 26.8 Å². The fraction of sp³-hybridized carbons (Fsp3) is 0.429. The molecule has 2 aromatic rings. The minimum absolute atomic E-state index is 0.0618. The Labute approximate surface area is 140 Å². The highest BCUT2D eigenvalue weighted by Gasteiger charge is 2.20. The molecule has 0 fully saturated rings. The number of aliphatic carboxylic acids is 1. The Morgan fingerprint density at radius 3 is 2.71 bits per heavy atom. The number of benzene rings is 1. The number of thioether (sulfide) groups is 1. The summed E-state index contributed by atoms with van der Waals surface area (Å²) in [5.74, 6) is -0.909. The fourth-order valence-corrected chi connectivity index (χ4v) is 3.26. The number of hydrogen-bond donors (Lipinski definition) is 1. The zero-order chi connectivity index (χ0) is 15.7. The van der Waals surface area contributed by atoms with Crippen LogP contribution in [0.5, 0.6) is 0 Å². The smallest absolute Gasteiger partial charge is 0.313 e. The molecule has 0 bridgehead atoms. The first-order valence-corrected chi connectivity index (χ1v) is 8.59. The lowest BCUT2D eigenvalue weighted by molar-refractivity contribution is -0.133. The number of carboxylic acid groups (broad SMARTS) is 1. The van der Waals surface area contributed by atoms with E-state index in [2.05, 4.69) is 18.8 Å². The number of imidazole rings is 1. The van der Waals surface area contributed by atoms with Crippen LogP contribution in [0.25, 0.3) is 11.0 Å².